The molecule has 19 heavy (non-hydrogen) atoms. The highest BCUT2D eigenvalue weighted by Gasteiger charge is 2.12. The molecule has 0 radical (unpaired) electrons. The fourth-order valence-corrected chi connectivity index (χ4v) is 1.61. The standard InChI is InChI=1S/C13H20N2O4/c1-9(2)12(16)8-14-7-10-6-11(15(17)18)4-5-13(10)19-3/h4-6,9,12,14,16H,7-8H2,1-3H3. The molecule has 1 aromatic rings. The molecule has 0 saturated carbocycles. The summed E-state index contributed by atoms with van der Waals surface area (Å²) < 4.78 is 5.16. The van der Waals surface area contributed by atoms with Crippen molar-refractivity contribution in [2.45, 2.75) is 26.5 Å². The fourth-order valence-electron chi connectivity index (χ4n) is 1.61. The largest absolute Gasteiger partial charge is 0.496 e. The molecule has 0 aliphatic rings. The first-order valence-corrected chi connectivity index (χ1v) is 6.15. The van der Waals surface area contributed by atoms with Crippen molar-refractivity contribution in [3.63, 3.8) is 0 Å². The summed E-state index contributed by atoms with van der Waals surface area (Å²) in [7, 11) is 1.52. The van der Waals surface area contributed by atoms with Gasteiger partial charge in [0.05, 0.1) is 18.1 Å². The van der Waals surface area contributed by atoms with Crippen LogP contribution in [0, 0.1) is 16.0 Å². The van der Waals surface area contributed by atoms with Gasteiger partial charge in [0, 0.05) is 30.8 Å². The fraction of sp³-hybridized carbons (Fsp3) is 0.538. The average Bonchev–Trinajstić information content (AvgIpc) is 2.38. The van der Waals surface area contributed by atoms with E-state index in [-0.39, 0.29) is 11.6 Å². The first-order chi connectivity index (χ1) is 8.95. The summed E-state index contributed by atoms with van der Waals surface area (Å²) >= 11 is 0. The van der Waals surface area contributed by atoms with E-state index >= 15 is 0 Å². The molecule has 1 aromatic carbocycles. The summed E-state index contributed by atoms with van der Waals surface area (Å²) in [6.07, 6.45) is -0.440. The summed E-state index contributed by atoms with van der Waals surface area (Å²) in [6.45, 7) is 4.71. The van der Waals surface area contributed by atoms with Crippen molar-refractivity contribution in [2.75, 3.05) is 13.7 Å². The molecule has 6 nitrogen and oxygen atoms in total. The maximum absolute atomic E-state index is 10.7. The van der Waals surface area contributed by atoms with Crippen LogP contribution in [0.5, 0.6) is 5.75 Å². The third-order valence-corrected chi connectivity index (χ3v) is 2.91. The van der Waals surface area contributed by atoms with Crippen LogP contribution in [0.25, 0.3) is 0 Å². The number of hydrogen-bond acceptors (Lipinski definition) is 5. The van der Waals surface area contributed by atoms with Gasteiger partial charge in [0.1, 0.15) is 5.75 Å². The van der Waals surface area contributed by atoms with Crippen molar-refractivity contribution >= 4 is 5.69 Å². The van der Waals surface area contributed by atoms with Gasteiger partial charge >= 0.3 is 0 Å². The number of hydrogen-bond donors (Lipinski definition) is 2. The minimum Gasteiger partial charge on any atom is -0.496 e. The first-order valence-electron chi connectivity index (χ1n) is 6.15. The van der Waals surface area contributed by atoms with Crippen LogP contribution in [-0.4, -0.2) is 29.8 Å². The number of methoxy groups -OCH3 is 1. The molecule has 0 heterocycles. The molecule has 0 fully saturated rings. The number of nitro groups is 1. The third kappa shape index (κ3) is 4.50. The van der Waals surface area contributed by atoms with Gasteiger partial charge in [-0.1, -0.05) is 13.8 Å². The molecule has 0 bridgehead atoms. The van der Waals surface area contributed by atoms with Crippen LogP contribution < -0.4 is 10.1 Å². The Bertz CT molecular complexity index is 435. The lowest BCUT2D eigenvalue weighted by molar-refractivity contribution is -0.384. The second kappa shape index (κ2) is 7.06. The van der Waals surface area contributed by atoms with E-state index in [1.807, 2.05) is 13.8 Å². The van der Waals surface area contributed by atoms with Crippen LogP contribution >= 0.6 is 0 Å². The molecule has 1 unspecified atom stereocenters. The maximum atomic E-state index is 10.7. The second-order valence-electron chi connectivity index (χ2n) is 4.70. The number of aliphatic hydroxyl groups excluding tert-OH is 1. The van der Waals surface area contributed by atoms with Crippen molar-refractivity contribution < 1.29 is 14.8 Å². The van der Waals surface area contributed by atoms with Gasteiger partial charge in [-0.05, 0) is 12.0 Å². The monoisotopic (exact) mass is 268 g/mol. The van der Waals surface area contributed by atoms with Gasteiger partial charge in [0.25, 0.3) is 5.69 Å². The second-order valence-corrected chi connectivity index (χ2v) is 4.70. The summed E-state index contributed by atoms with van der Waals surface area (Å²) in [5.41, 5.74) is 0.731. The van der Waals surface area contributed by atoms with E-state index < -0.39 is 11.0 Å². The molecule has 1 rings (SSSR count). The van der Waals surface area contributed by atoms with Gasteiger partial charge in [0.15, 0.2) is 0 Å². The molecule has 2 N–H and O–H groups in total. The van der Waals surface area contributed by atoms with Crippen LogP contribution in [0.15, 0.2) is 18.2 Å². The Balaban J connectivity index is 2.70. The normalized spacial score (nSPS) is 12.5. The number of non-ortho nitro benzene ring substituents is 1. The van der Waals surface area contributed by atoms with E-state index in [0.29, 0.717) is 24.4 Å². The van der Waals surface area contributed by atoms with Crippen molar-refractivity contribution in [1.82, 2.24) is 5.32 Å². The van der Waals surface area contributed by atoms with E-state index in [2.05, 4.69) is 5.32 Å². The Labute approximate surface area is 112 Å². The predicted molar refractivity (Wildman–Crippen MR) is 72.2 cm³/mol. The van der Waals surface area contributed by atoms with Crippen LogP contribution in [0.3, 0.4) is 0 Å². The number of nitrogens with one attached hydrogen (secondary N) is 1. The highest BCUT2D eigenvalue weighted by Crippen LogP contribution is 2.23. The zero-order valence-corrected chi connectivity index (χ0v) is 11.4. The molecule has 1 atom stereocenters. The number of benzene rings is 1. The van der Waals surface area contributed by atoms with Gasteiger partial charge in [-0.2, -0.15) is 0 Å². The van der Waals surface area contributed by atoms with Gasteiger partial charge in [-0.15, -0.1) is 0 Å². The smallest absolute Gasteiger partial charge is 0.270 e. The van der Waals surface area contributed by atoms with Crippen LogP contribution in [0.4, 0.5) is 5.69 Å². The number of nitrogens with zero attached hydrogens (tertiary/aromatic N) is 1. The SMILES string of the molecule is COc1ccc([N+](=O)[O-])cc1CNCC(O)C(C)C. The van der Waals surface area contributed by atoms with Crippen LogP contribution in [-0.2, 0) is 6.54 Å². The average molecular weight is 268 g/mol. The lowest BCUT2D eigenvalue weighted by Crippen LogP contribution is -2.30. The molecular formula is C13H20N2O4. The number of aliphatic hydroxyl groups is 1. The predicted octanol–water partition coefficient (Wildman–Crippen LogP) is 1.71. The van der Waals surface area contributed by atoms with E-state index in [1.54, 1.807) is 6.07 Å². The molecule has 106 valence electrons. The molecule has 0 spiro atoms. The third-order valence-electron chi connectivity index (χ3n) is 2.91. The van der Waals surface area contributed by atoms with E-state index in [9.17, 15) is 15.2 Å². The van der Waals surface area contributed by atoms with Crippen molar-refractivity contribution in [2.24, 2.45) is 5.92 Å². The lowest BCUT2D eigenvalue weighted by Gasteiger charge is -2.15. The summed E-state index contributed by atoms with van der Waals surface area (Å²) in [5.74, 6) is 0.761. The Kier molecular flexibility index (Phi) is 5.72. The topological polar surface area (TPSA) is 84.6 Å². The molecule has 0 aliphatic carbocycles. The molecule has 0 aliphatic heterocycles. The summed E-state index contributed by atoms with van der Waals surface area (Å²) in [6, 6.07) is 4.47. The van der Waals surface area contributed by atoms with Gasteiger partial charge in [0.2, 0.25) is 0 Å². The Morgan fingerprint density at radius 1 is 1.47 bits per heavy atom. The van der Waals surface area contributed by atoms with E-state index in [0.717, 1.165) is 0 Å². The Morgan fingerprint density at radius 3 is 2.68 bits per heavy atom. The van der Waals surface area contributed by atoms with Gasteiger partial charge < -0.3 is 15.2 Å². The Morgan fingerprint density at radius 2 is 2.16 bits per heavy atom. The summed E-state index contributed by atoms with van der Waals surface area (Å²) in [4.78, 5) is 10.3. The van der Waals surface area contributed by atoms with Crippen molar-refractivity contribution in [3.05, 3.63) is 33.9 Å². The molecule has 0 amide bonds. The zero-order valence-electron chi connectivity index (χ0n) is 11.4. The highest BCUT2D eigenvalue weighted by atomic mass is 16.6. The summed E-state index contributed by atoms with van der Waals surface area (Å²) in [5, 5.41) is 23.5. The molecule has 0 saturated heterocycles. The number of rotatable bonds is 7. The number of nitro benzene ring substituents is 1. The molecule has 6 heteroatoms. The minimum atomic E-state index is -0.440. The lowest BCUT2D eigenvalue weighted by atomic mass is 10.1. The first kappa shape index (κ1) is 15.4. The Hall–Kier alpha value is -1.66. The zero-order chi connectivity index (χ0) is 14.4. The van der Waals surface area contributed by atoms with Gasteiger partial charge in [-0.3, -0.25) is 10.1 Å². The molecular weight excluding hydrogens is 248 g/mol. The quantitative estimate of drug-likeness (QED) is 0.581. The number of ether oxygens (including phenoxy) is 1. The van der Waals surface area contributed by atoms with Crippen molar-refractivity contribution in [1.29, 1.82) is 0 Å². The minimum absolute atomic E-state index is 0.0296. The van der Waals surface area contributed by atoms with Crippen LogP contribution in [0.1, 0.15) is 19.4 Å². The molecule has 0 aromatic heterocycles. The van der Waals surface area contributed by atoms with E-state index in [4.69, 9.17) is 4.74 Å². The van der Waals surface area contributed by atoms with Gasteiger partial charge in [-0.25, -0.2) is 0 Å². The highest BCUT2D eigenvalue weighted by molar-refractivity contribution is 5.43. The van der Waals surface area contributed by atoms with Crippen molar-refractivity contribution in [3.8, 4) is 5.75 Å². The van der Waals surface area contributed by atoms with E-state index in [1.165, 1.54) is 19.2 Å². The maximum Gasteiger partial charge on any atom is 0.270 e. The van der Waals surface area contributed by atoms with Crippen LogP contribution in [0.2, 0.25) is 0 Å².